The van der Waals surface area contributed by atoms with Gasteiger partial charge in [0.25, 0.3) is 0 Å². The van der Waals surface area contributed by atoms with Crippen molar-refractivity contribution in [1.29, 1.82) is 0 Å². The molecule has 2 N–H and O–H groups in total. The van der Waals surface area contributed by atoms with Crippen LogP contribution >= 0.6 is 11.5 Å². The van der Waals surface area contributed by atoms with Gasteiger partial charge in [0, 0.05) is 5.56 Å². The fraction of sp³-hybridized carbons (Fsp3) is 0.333. The lowest BCUT2D eigenvalue weighted by Crippen LogP contribution is -2.16. The highest BCUT2D eigenvalue weighted by atomic mass is 32.1. The van der Waals surface area contributed by atoms with E-state index in [0.29, 0.717) is 22.6 Å². The standard InChI is InChI=1S/C12H13F2N3S/c1-3-8-12(18-17-16-8)11(15)9-7(13)5-4-6(2)10(9)14/h4-5,11H,3,15H2,1-2H3. The minimum absolute atomic E-state index is 0.115. The lowest BCUT2D eigenvalue weighted by atomic mass is 10.0. The molecule has 3 nitrogen and oxygen atoms in total. The molecule has 2 rings (SSSR count). The van der Waals surface area contributed by atoms with Gasteiger partial charge in [-0.05, 0) is 36.5 Å². The Kier molecular flexibility index (Phi) is 3.68. The summed E-state index contributed by atoms with van der Waals surface area (Å²) in [5, 5.41) is 3.91. The molecule has 0 spiro atoms. The van der Waals surface area contributed by atoms with Crippen LogP contribution in [0.5, 0.6) is 0 Å². The molecule has 6 heteroatoms. The van der Waals surface area contributed by atoms with E-state index in [9.17, 15) is 8.78 Å². The summed E-state index contributed by atoms with van der Waals surface area (Å²) in [6.45, 7) is 3.48. The fourth-order valence-electron chi connectivity index (χ4n) is 1.79. The van der Waals surface area contributed by atoms with Gasteiger partial charge in [0.2, 0.25) is 0 Å². The van der Waals surface area contributed by atoms with Crippen LogP contribution in [0.4, 0.5) is 8.78 Å². The van der Waals surface area contributed by atoms with E-state index in [1.807, 2.05) is 6.92 Å². The molecule has 1 aromatic heterocycles. The summed E-state index contributed by atoms with van der Waals surface area (Å²) in [5.41, 5.74) is 6.90. The number of rotatable bonds is 3. The molecule has 1 heterocycles. The van der Waals surface area contributed by atoms with Gasteiger partial charge in [-0.2, -0.15) is 0 Å². The van der Waals surface area contributed by atoms with Crippen LogP contribution in [0.2, 0.25) is 0 Å². The molecule has 0 aliphatic carbocycles. The lowest BCUT2D eigenvalue weighted by Gasteiger charge is -2.14. The normalized spacial score (nSPS) is 12.7. The maximum atomic E-state index is 14.0. The maximum absolute atomic E-state index is 14.0. The first-order chi connectivity index (χ1) is 8.56. The number of aryl methyl sites for hydroxylation is 2. The highest BCUT2D eigenvalue weighted by Gasteiger charge is 2.23. The second kappa shape index (κ2) is 5.07. The largest absolute Gasteiger partial charge is 0.319 e. The maximum Gasteiger partial charge on any atom is 0.134 e. The Balaban J connectivity index is 2.52. The van der Waals surface area contributed by atoms with E-state index >= 15 is 0 Å². The summed E-state index contributed by atoms with van der Waals surface area (Å²) in [6, 6.07) is 1.76. The van der Waals surface area contributed by atoms with Gasteiger partial charge >= 0.3 is 0 Å². The molecule has 2 aromatic rings. The third kappa shape index (κ3) is 2.13. The average molecular weight is 269 g/mol. The highest BCUT2D eigenvalue weighted by molar-refractivity contribution is 7.05. The zero-order valence-electron chi connectivity index (χ0n) is 10.1. The SMILES string of the molecule is CCc1nnsc1C(N)c1c(F)ccc(C)c1F. The van der Waals surface area contributed by atoms with Crippen LogP contribution in [0.3, 0.4) is 0 Å². The van der Waals surface area contributed by atoms with Crippen LogP contribution in [0, 0.1) is 18.6 Å². The molecule has 18 heavy (non-hydrogen) atoms. The summed E-state index contributed by atoms with van der Waals surface area (Å²) >= 11 is 1.08. The fourth-order valence-corrected chi connectivity index (χ4v) is 2.54. The van der Waals surface area contributed by atoms with Crippen molar-refractivity contribution in [1.82, 2.24) is 9.59 Å². The highest BCUT2D eigenvalue weighted by Crippen LogP contribution is 2.30. The van der Waals surface area contributed by atoms with Crippen molar-refractivity contribution in [3.63, 3.8) is 0 Å². The van der Waals surface area contributed by atoms with Gasteiger partial charge in [-0.1, -0.05) is 17.5 Å². The second-order valence-corrected chi connectivity index (χ2v) is 4.79. The molecule has 0 radical (unpaired) electrons. The van der Waals surface area contributed by atoms with E-state index in [2.05, 4.69) is 9.59 Å². The van der Waals surface area contributed by atoms with Crippen LogP contribution < -0.4 is 5.73 Å². The molecule has 1 aromatic carbocycles. The number of hydrogen-bond acceptors (Lipinski definition) is 4. The van der Waals surface area contributed by atoms with Crippen molar-refractivity contribution in [3.05, 3.63) is 45.5 Å². The molecule has 0 bridgehead atoms. The van der Waals surface area contributed by atoms with Gasteiger partial charge in [0.15, 0.2) is 0 Å². The molecule has 0 saturated carbocycles. The first kappa shape index (κ1) is 13.0. The molecule has 0 aliphatic heterocycles. The van der Waals surface area contributed by atoms with E-state index in [1.54, 1.807) is 6.92 Å². The van der Waals surface area contributed by atoms with Crippen LogP contribution in [0.1, 0.15) is 34.7 Å². The first-order valence-corrected chi connectivity index (χ1v) is 6.34. The summed E-state index contributed by atoms with van der Waals surface area (Å²) in [4.78, 5) is 0.612. The minimum atomic E-state index is -0.861. The molecular formula is C12H13F2N3S. The van der Waals surface area contributed by atoms with Gasteiger partial charge in [-0.15, -0.1) is 5.10 Å². The molecule has 0 aliphatic rings. The van der Waals surface area contributed by atoms with Crippen molar-refractivity contribution in [2.75, 3.05) is 0 Å². The first-order valence-electron chi connectivity index (χ1n) is 5.57. The van der Waals surface area contributed by atoms with Gasteiger partial charge in [-0.25, -0.2) is 8.78 Å². The Morgan fingerprint density at radius 3 is 2.78 bits per heavy atom. The Morgan fingerprint density at radius 2 is 2.11 bits per heavy atom. The number of nitrogens with zero attached hydrogens (tertiary/aromatic N) is 2. The molecule has 96 valence electrons. The predicted molar refractivity (Wildman–Crippen MR) is 66.4 cm³/mol. The molecule has 1 atom stereocenters. The van der Waals surface area contributed by atoms with E-state index in [0.717, 1.165) is 11.5 Å². The molecule has 1 unspecified atom stereocenters. The van der Waals surface area contributed by atoms with Crippen LogP contribution in [-0.2, 0) is 6.42 Å². The molecule has 0 fully saturated rings. The van der Waals surface area contributed by atoms with E-state index < -0.39 is 17.7 Å². The Morgan fingerprint density at radius 1 is 1.39 bits per heavy atom. The third-order valence-corrected chi connectivity index (χ3v) is 3.68. The molecular weight excluding hydrogens is 256 g/mol. The zero-order chi connectivity index (χ0) is 13.3. The van der Waals surface area contributed by atoms with Crippen molar-refractivity contribution in [2.24, 2.45) is 5.73 Å². The number of halogens is 2. The number of aromatic nitrogens is 2. The minimum Gasteiger partial charge on any atom is -0.319 e. The van der Waals surface area contributed by atoms with E-state index in [4.69, 9.17) is 5.73 Å². The van der Waals surface area contributed by atoms with Crippen LogP contribution in [0.15, 0.2) is 12.1 Å². The van der Waals surface area contributed by atoms with Crippen LogP contribution in [-0.4, -0.2) is 9.59 Å². The topological polar surface area (TPSA) is 51.8 Å². The Hall–Kier alpha value is -1.40. The van der Waals surface area contributed by atoms with E-state index in [-0.39, 0.29) is 5.56 Å². The van der Waals surface area contributed by atoms with Crippen LogP contribution in [0.25, 0.3) is 0 Å². The molecule has 0 saturated heterocycles. The van der Waals surface area contributed by atoms with Crippen molar-refractivity contribution in [3.8, 4) is 0 Å². The van der Waals surface area contributed by atoms with E-state index in [1.165, 1.54) is 12.1 Å². The van der Waals surface area contributed by atoms with Crippen molar-refractivity contribution < 1.29 is 8.78 Å². The summed E-state index contributed by atoms with van der Waals surface area (Å²) < 4.78 is 31.5. The quantitative estimate of drug-likeness (QED) is 0.932. The van der Waals surface area contributed by atoms with Gasteiger partial charge in [0.1, 0.15) is 11.6 Å². The van der Waals surface area contributed by atoms with Crippen molar-refractivity contribution >= 4 is 11.5 Å². The Labute approximate surface area is 108 Å². The van der Waals surface area contributed by atoms with Gasteiger partial charge in [0.05, 0.1) is 16.6 Å². The summed E-state index contributed by atoms with van der Waals surface area (Å²) in [7, 11) is 0. The monoisotopic (exact) mass is 269 g/mol. The number of benzene rings is 1. The van der Waals surface area contributed by atoms with Crippen molar-refractivity contribution in [2.45, 2.75) is 26.3 Å². The predicted octanol–water partition coefficient (Wildman–Crippen LogP) is 2.74. The number of nitrogens with two attached hydrogens (primary N) is 1. The third-order valence-electron chi connectivity index (χ3n) is 2.83. The van der Waals surface area contributed by atoms with Gasteiger partial charge in [-0.3, -0.25) is 0 Å². The zero-order valence-corrected chi connectivity index (χ0v) is 10.9. The Bertz CT molecular complexity index is 568. The second-order valence-electron chi connectivity index (χ2n) is 4.01. The summed E-state index contributed by atoms with van der Waals surface area (Å²) in [6.07, 6.45) is 0.634. The average Bonchev–Trinajstić information content (AvgIpc) is 2.82. The number of hydrogen-bond donors (Lipinski definition) is 1. The summed E-state index contributed by atoms with van der Waals surface area (Å²) in [5.74, 6) is -1.24. The lowest BCUT2D eigenvalue weighted by molar-refractivity contribution is 0.538. The smallest absolute Gasteiger partial charge is 0.134 e. The molecule has 0 amide bonds. The van der Waals surface area contributed by atoms with Gasteiger partial charge < -0.3 is 5.73 Å².